The largest absolute Gasteiger partial charge is 0.489 e. The average Bonchev–Trinajstić information content (AvgIpc) is 2.98. The van der Waals surface area contributed by atoms with Crippen LogP contribution in [-0.2, 0) is 41.9 Å². The van der Waals surface area contributed by atoms with Crippen molar-refractivity contribution >= 4 is 16.0 Å². The molecule has 0 saturated carbocycles. The smallest absolute Gasteiger partial charge is 0.416 e. The molecule has 4 rings (SSSR count). The molecule has 0 amide bonds. The van der Waals surface area contributed by atoms with E-state index in [-0.39, 0.29) is 36.6 Å². The molecule has 0 aliphatic rings. The van der Waals surface area contributed by atoms with Crippen molar-refractivity contribution in [1.29, 1.82) is 0 Å². The van der Waals surface area contributed by atoms with Gasteiger partial charge in [0.1, 0.15) is 12.4 Å². The molecule has 0 heterocycles. The van der Waals surface area contributed by atoms with Crippen LogP contribution in [0.15, 0.2) is 95.9 Å². The number of aryl methyl sites for hydroxylation is 1. The van der Waals surface area contributed by atoms with Crippen LogP contribution in [0.25, 0.3) is 0 Å². The van der Waals surface area contributed by atoms with E-state index < -0.39 is 39.5 Å². The van der Waals surface area contributed by atoms with Gasteiger partial charge in [0.05, 0.1) is 21.6 Å². The first-order chi connectivity index (χ1) is 21.0. The second kappa shape index (κ2) is 13.3. The summed E-state index contributed by atoms with van der Waals surface area (Å²) in [4.78, 5) is 11.4. The third-order valence-electron chi connectivity index (χ3n) is 6.98. The van der Waals surface area contributed by atoms with E-state index in [1.54, 1.807) is 24.3 Å². The summed E-state index contributed by atoms with van der Waals surface area (Å²) >= 11 is 0. The minimum atomic E-state index is -4.56. The summed E-state index contributed by atoms with van der Waals surface area (Å²) in [5, 5.41) is 9.49. The van der Waals surface area contributed by atoms with E-state index >= 15 is 0 Å². The monoisotopic (exact) mass is 651 g/mol. The number of nitrogens with zero attached hydrogens (tertiary/aromatic N) is 1. The van der Waals surface area contributed by atoms with E-state index in [1.165, 1.54) is 43.3 Å². The van der Waals surface area contributed by atoms with Crippen LogP contribution in [-0.4, -0.2) is 30.3 Å². The van der Waals surface area contributed by atoms with Gasteiger partial charge in [0.25, 0.3) is 0 Å². The first kappa shape index (κ1) is 33.5. The number of carboxylic acid groups (broad SMARTS) is 1. The highest BCUT2D eigenvalue weighted by molar-refractivity contribution is 7.89. The zero-order valence-corrected chi connectivity index (χ0v) is 24.5. The van der Waals surface area contributed by atoms with Crippen LogP contribution in [0, 0.1) is 6.92 Å². The van der Waals surface area contributed by atoms with Crippen molar-refractivity contribution in [2.45, 2.75) is 43.7 Å². The number of benzene rings is 4. The van der Waals surface area contributed by atoms with Crippen LogP contribution in [0.3, 0.4) is 0 Å². The van der Waals surface area contributed by atoms with Crippen molar-refractivity contribution in [3.05, 3.63) is 130 Å². The molecule has 1 N–H and O–H groups in total. The Labute approximate surface area is 255 Å². The van der Waals surface area contributed by atoms with E-state index in [9.17, 15) is 44.7 Å². The molecular weight excluding hydrogens is 624 g/mol. The maximum atomic E-state index is 13.7. The molecule has 0 unspecified atom stereocenters. The van der Waals surface area contributed by atoms with Crippen LogP contribution in [0.4, 0.5) is 26.3 Å². The first-order valence-electron chi connectivity index (χ1n) is 13.4. The summed E-state index contributed by atoms with van der Waals surface area (Å²) in [5.41, 5.74) is 0.0246. The highest BCUT2D eigenvalue weighted by atomic mass is 32.2. The standard InChI is InChI=1S/C32H27F6NO5S/c1-21-2-15-28(18-29(21)30(40)41)45(42,43)39(19-23-3-9-25(10-4-23)31(33,34)35)17-16-22-7-13-27(14-8-22)44-20-24-5-11-26(12-6-24)32(36,37)38/h2-15,18H,16-17,19-20H2,1H3,(H,40,41). The lowest BCUT2D eigenvalue weighted by molar-refractivity contribution is -0.138. The molecule has 45 heavy (non-hydrogen) atoms. The lowest BCUT2D eigenvalue weighted by Crippen LogP contribution is -2.32. The van der Waals surface area contributed by atoms with Gasteiger partial charge in [0.2, 0.25) is 10.0 Å². The van der Waals surface area contributed by atoms with Crippen LogP contribution in [0.5, 0.6) is 5.75 Å². The summed E-state index contributed by atoms with van der Waals surface area (Å²) in [5.74, 6) is -0.881. The van der Waals surface area contributed by atoms with Crippen LogP contribution in [0.2, 0.25) is 0 Å². The van der Waals surface area contributed by atoms with Gasteiger partial charge >= 0.3 is 18.3 Å². The average molecular weight is 652 g/mol. The van der Waals surface area contributed by atoms with Gasteiger partial charge in [0.15, 0.2) is 0 Å². The Morgan fingerprint density at radius 3 is 1.78 bits per heavy atom. The summed E-state index contributed by atoms with van der Waals surface area (Å²) < 4.78 is 112. The zero-order valence-electron chi connectivity index (χ0n) is 23.7. The summed E-state index contributed by atoms with van der Waals surface area (Å²) in [6, 6.07) is 18.9. The topological polar surface area (TPSA) is 83.9 Å². The normalized spacial score (nSPS) is 12.4. The number of sulfonamides is 1. The third kappa shape index (κ3) is 8.64. The van der Waals surface area contributed by atoms with Crippen LogP contribution in [0.1, 0.15) is 43.7 Å². The molecular formula is C32H27F6NO5S. The molecule has 0 radical (unpaired) electrons. The van der Waals surface area contributed by atoms with Gasteiger partial charge in [-0.15, -0.1) is 0 Å². The minimum Gasteiger partial charge on any atom is -0.489 e. The van der Waals surface area contributed by atoms with Crippen molar-refractivity contribution in [3.8, 4) is 5.75 Å². The van der Waals surface area contributed by atoms with Crippen molar-refractivity contribution in [2.24, 2.45) is 0 Å². The molecule has 238 valence electrons. The van der Waals surface area contributed by atoms with E-state index in [0.717, 1.165) is 34.6 Å². The lowest BCUT2D eigenvalue weighted by Gasteiger charge is -2.23. The van der Waals surface area contributed by atoms with Gasteiger partial charge in [-0.2, -0.15) is 30.6 Å². The fourth-order valence-corrected chi connectivity index (χ4v) is 5.85. The molecule has 4 aromatic rings. The van der Waals surface area contributed by atoms with Crippen molar-refractivity contribution in [1.82, 2.24) is 4.31 Å². The van der Waals surface area contributed by atoms with Crippen molar-refractivity contribution in [3.63, 3.8) is 0 Å². The Morgan fingerprint density at radius 2 is 1.27 bits per heavy atom. The number of carbonyl (C=O) groups is 1. The Balaban J connectivity index is 1.50. The molecule has 0 spiro atoms. The van der Waals surface area contributed by atoms with Crippen LogP contribution < -0.4 is 4.74 Å². The number of carboxylic acids is 1. The SMILES string of the molecule is Cc1ccc(S(=O)(=O)N(CCc2ccc(OCc3ccc(C(F)(F)F)cc3)cc2)Cc2ccc(C(F)(F)F)cc2)cc1C(=O)O. The van der Waals surface area contributed by atoms with E-state index in [4.69, 9.17) is 4.74 Å². The predicted octanol–water partition coefficient (Wildman–Crippen LogP) is 7.74. The second-order valence-electron chi connectivity index (χ2n) is 10.2. The number of rotatable bonds is 11. The molecule has 0 aromatic heterocycles. The summed E-state index contributed by atoms with van der Waals surface area (Å²) in [7, 11) is -4.29. The molecule has 0 saturated heterocycles. The first-order valence-corrected chi connectivity index (χ1v) is 14.9. The minimum absolute atomic E-state index is 0.0194. The number of hydrogen-bond acceptors (Lipinski definition) is 4. The Hall–Kier alpha value is -4.36. The van der Waals surface area contributed by atoms with Gasteiger partial charge in [0, 0.05) is 13.1 Å². The number of ether oxygens (including phenoxy) is 1. The number of hydrogen-bond donors (Lipinski definition) is 1. The lowest BCUT2D eigenvalue weighted by atomic mass is 10.1. The van der Waals surface area contributed by atoms with E-state index in [1.807, 2.05) is 0 Å². The van der Waals surface area contributed by atoms with Gasteiger partial charge in [-0.05, 0) is 84.1 Å². The molecule has 4 aromatic carbocycles. The molecule has 0 atom stereocenters. The highest BCUT2D eigenvalue weighted by Crippen LogP contribution is 2.31. The number of alkyl halides is 6. The Kier molecular flexibility index (Phi) is 9.93. The maximum absolute atomic E-state index is 13.7. The summed E-state index contributed by atoms with van der Waals surface area (Å²) in [6.07, 6.45) is -8.81. The predicted molar refractivity (Wildman–Crippen MR) is 153 cm³/mol. The van der Waals surface area contributed by atoms with Gasteiger partial charge in [-0.25, -0.2) is 13.2 Å². The summed E-state index contributed by atoms with van der Waals surface area (Å²) in [6.45, 7) is 1.18. The van der Waals surface area contributed by atoms with E-state index in [2.05, 4.69) is 0 Å². The van der Waals surface area contributed by atoms with Gasteiger partial charge in [-0.1, -0.05) is 42.5 Å². The van der Waals surface area contributed by atoms with Crippen LogP contribution >= 0.6 is 0 Å². The Bertz CT molecular complexity index is 1740. The van der Waals surface area contributed by atoms with E-state index in [0.29, 0.717) is 28.0 Å². The molecule has 13 heteroatoms. The fraction of sp³-hybridized carbons (Fsp3) is 0.219. The molecule has 0 aliphatic carbocycles. The quantitative estimate of drug-likeness (QED) is 0.168. The number of halogens is 6. The number of aromatic carboxylic acids is 1. The maximum Gasteiger partial charge on any atom is 0.416 e. The third-order valence-corrected chi connectivity index (χ3v) is 8.82. The van der Waals surface area contributed by atoms with Crippen molar-refractivity contribution in [2.75, 3.05) is 6.54 Å². The Morgan fingerprint density at radius 1 is 0.756 bits per heavy atom. The second-order valence-corrected chi connectivity index (χ2v) is 12.1. The van der Waals surface area contributed by atoms with Gasteiger partial charge in [-0.3, -0.25) is 0 Å². The molecule has 0 fully saturated rings. The van der Waals surface area contributed by atoms with Crippen molar-refractivity contribution < 1.29 is 49.4 Å². The zero-order chi connectivity index (χ0) is 33.0. The molecule has 0 aliphatic heterocycles. The molecule has 0 bridgehead atoms. The van der Waals surface area contributed by atoms with Gasteiger partial charge < -0.3 is 9.84 Å². The highest BCUT2D eigenvalue weighted by Gasteiger charge is 2.31. The molecule has 6 nitrogen and oxygen atoms in total. The fourth-order valence-electron chi connectivity index (χ4n) is 4.39.